The van der Waals surface area contributed by atoms with Crippen LogP contribution in [0.1, 0.15) is 54.7 Å². The Morgan fingerprint density at radius 1 is 1.18 bits per heavy atom. The minimum atomic E-state index is 0.801. The van der Waals surface area contributed by atoms with E-state index in [9.17, 15) is 0 Å². The molecule has 0 amide bonds. The predicted molar refractivity (Wildman–Crippen MR) is 92.5 cm³/mol. The summed E-state index contributed by atoms with van der Waals surface area (Å²) in [6.07, 6.45) is 10.2. The van der Waals surface area contributed by atoms with Gasteiger partial charge in [-0.3, -0.25) is 0 Å². The van der Waals surface area contributed by atoms with Gasteiger partial charge in [-0.05, 0) is 43.4 Å². The van der Waals surface area contributed by atoms with Crippen LogP contribution >= 0.6 is 11.6 Å². The molecule has 2 nitrogen and oxygen atoms in total. The first kappa shape index (κ1) is 15.6. The van der Waals surface area contributed by atoms with Crippen LogP contribution in [0, 0.1) is 19.8 Å². The molecule has 0 unspecified atom stereocenters. The Kier molecular flexibility index (Phi) is 4.87. The maximum Gasteiger partial charge on any atom is 0.106 e. The van der Waals surface area contributed by atoms with Crippen LogP contribution in [0.3, 0.4) is 0 Å². The quantitative estimate of drug-likeness (QED) is 0.746. The number of imidazole rings is 1. The van der Waals surface area contributed by atoms with Gasteiger partial charge < -0.3 is 4.57 Å². The Morgan fingerprint density at radius 2 is 1.95 bits per heavy atom. The summed E-state index contributed by atoms with van der Waals surface area (Å²) in [5.74, 6) is 1.90. The fourth-order valence-electron chi connectivity index (χ4n) is 3.58. The highest BCUT2D eigenvalue weighted by Crippen LogP contribution is 2.28. The van der Waals surface area contributed by atoms with Crippen LogP contribution in [0.2, 0.25) is 5.02 Å². The molecule has 0 radical (unpaired) electrons. The summed E-state index contributed by atoms with van der Waals surface area (Å²) in [5.41, 5.74) is 3.62. The lowest BCUT2D eigenvalue weighted by atomic mass is 9.85. The molecule has 3 heteroatoms. The van der Waals surface area contributed by atoms with Crippen molar-refractivity contribution in [1.29, 1.82) is 0 Å². The molecule has 118 valence electrons. The van der Waals surface area contributed by atoms with Crippen LogP contribution in [-0.2, 0) is 13.0 Å². The maximum atomic E-state index is 6.52. The Morgan fingerprint density at radius 3 is 2.59 bits per heavy atom. The van der Waals surface area contributed by atoms with E-state index in [1.807, 2.05) is 13.8 Å². The van der Waals surface area contributed by atoms with Gasteiger partial charge in [0, 0.05) is 11.2 Å². The monoisotopic (exact) mass is 316 g/mol. The maximum absolute atomic E-state index is 6.52. The molecule has 0 N–H and O–H groups in total. The molecule has 1 aliphatic rings. The summed E-state index contributed by atoms with van der Waals surface area (Å²) >= 11 is 6.52. The standard InChI is InChI=1S/C19H25ClN2/c1-14-12-22(15(2)21-14)13-18-9-8-17(11-19(18)20)10-16-6-4-3-5-7-16/h8-9,11-12,16H,3-7,10,13H2,1-2H3. The molecule has 0 spiro atoms. The number of hydrogen-bond acceptors (Lipinski definition) is 1. The topological polar surface area (TPSA) is 17.8 Å². The molecule has 3 rings (SSSR count). The zero-order chi connectivity index (χ0) is 15.5. The highest BCUT2D eigenvalue weighted by molar-refractivity contribution is 6.31. The first-order chi connectivity index (χ1) is 10.6. The van der Waals surface area contributed by atoms with Gasteiger partial charge in [0.05, 0.1) is 12.2 Å². The van der Waals surface area contributed by atoms with Gasteiger partial charge in [-0.2, -0.15) is 0 Å². The SMILES string of the molecule is Cc1cn(Cc2ccc(CC3CCCCC3)cc2Cl)c(C)n1. The number of aryl methyl sites for hydroxylation is 2. The summed E-state index contributed by atoms with van der Waals surface area (Å²) in [6, 6.07) is 6.62. The third-order valence-corrected chi connectivity index (χ3v) is 5.16. The van der Waals surface area contributed by atoms with Gasteiger partial charge in [-0.1, -0.05) is 55.8 Å². The Labute approximate surface area is 138 Å². The molecule has 0 aliphatic heterocycles. The third-order valence-electron chi connectivity index (χ3n) is 4.80. The van der Waals surface area contributed by atoms with Crippen molar-refractivity contribution in [1.82, 2.24) is 9.55 Å². The van der Waals surface area contributed by atoms with Gasteiger partial charge in [0.15, 0.2) is 0 Å². The summed E-state index contributed by atoms with van der Waals surface area (Å²) in [5, 5.41) is 0.888. The van der Waals surface area contributed by atoms with Gasteiger partial charge in [0.2, 0.25) is 0 Å². The van der Waals surface area contributed by atoms with Crippen molar-refractivity contribution in [3.63, 3.8) is 0 Å². The zero-order valence-corrected chi connectivity index (χ0v) is 14.4. The highest BCUT2D eigenvalue weighted by Gasteiger charge is 2.14. The molecule has 22 heavy (non-hydrogen) atoms. The molecule has 1 saturated carbocycles. The number of hydrogen-bond donors (Lipinski definition) is 0. The largest absolute Gasteiger partial charge is 0.330 e. The first-order valence-electron chi connectivity index (χ1n) is 8.39. The van der Waals surface area contributed by atoms with Crippen LogP contribution < -0.4 is 0 Å². The molecule has 1 aliphatic carbocycles. The lowest BCUT2D eigenvalue weighted by Gasteiger charge is -2.21. The van der Waals surface area contributed by atoms with E-state index in [1.165, 1.54) is 49.7 Å². The molecular weight excluding hydrogens is 292 g/mol. The van der Waals surface area contributed by atoms with Gasteiger partial charge in [-0.15, -0.1) is 0 Å². The molecule has 1 heterocycles. The van der Waals surface area contributed by atoms with Gasteiger partial charge in [0.1, 0.15) is 5.82 Å². The summed E-state index contributed by atoms with van der Waals surface area (Å²) in [6.45, 7) is 4.87. The van der Waals surface area contributed by atoms with Gasteiger partial charge in [-0.25, -0.2) is 4.98 Å². The Bertz CT molecular complexity index is 639. The van der Waals surface area contributed by atoms with Crippen LogP contribution in [0.25, 0.3) is 0 Å². The van der Waals surface area contributed by atoms with E-state index in [0.29, 0.717) is 0 Å². The van der Waals surface area contributed by atoms with Crippen LogP contribution in [0.5, 0.6) is 0 Å². The van der Waals surface area contributed by atoms with E-state index in [4.69, 9.17) is 11.6 Å². The number of benzene rings is 1. The highest BCUT2D eigenvalue weighted by atomic mass is 35.5. The Balaban J connectivity index is 1.70. The summed E-state index contributed by atoms with van der Waals surface area (Å²) < 4.78 is 2.16. The number of halogens is 1. The third kappa shape index (κ3) is 3.73. The molecule has 0 atom stereocenters. The smallest absolute Gasteiger partial charge is 0.106 e. The number of rotatable bonds is 4. The van der Waals surface area contributed by atoms with Crippen LogP contribution in [0.4, 0.5) is 0 Å². The van der Waals surface area contributed by atoms with Crippen molar-refractivity contribution in [2.75, 3.05) is 0 Å². The average molecular weight is 317 g/mol. The molecule has 1 fully saturated rings. The minimum Gasteiger partial charge on any atom is -0.330 e. The Hall–Kier alpha value is -1.28. The van der Waals surface area contributed by atoms with Crippen molar-refractivity contribution in [2.45, 2.75) is 58.9 Å². The average Bonchev–Trinajstić information content (AvgIpc) is 2.81. The van der Waals surface area contributed by atoms with Gasteiger partial charge >= 0.3 is 0 Å². The minimum absolute atomic E-state index is 0.801. The fourth-order valence-corrected chi connectivity index (χ4v) is 3.84. The molecule has 1 aromatic carbocycles. The summed E-state index contributed by atoms with van der Waals surface area (Å²) in [4.78, 5) is 4.45. The molecular formula is C19H25ClN2. The van der Waals surface area contributed by atoms with E-state index >= 15 is 0 Å². The molecule has 1 aromatic heterocycles. The second-order valence-corrected chi connectivity index (χ2v) is 7.10. The number of nitrogens with zero attached hydrogens (tertiary/aromatic N) is 2. The normalized spacial score (nSPS) is 16.1. The molecule has 0 bridgehead atoms. The van der Waals surface area contributed by atoms with Crippen molar-refractivity contribution >= 4 is 11.6 Å². The lowest BCUT2D eigenvalue weighted by Crippen LogP contribution is -2.09. The van der Waals surface area contributed by atoms with Gasteiger partial charge in [0.25, 0.3) is 0 Å². The molecule has 0 saturated heterocycles. The fraction of sp³-hybridized carbons (Fsp3) is 0.526. The van der Waals surface area contributed by atoms with Crippen molar-refractivity contribution in [2.24, 2.45) is 5.92 Å². The van der Waals surface area contributed by atoms with E-state index in [-0.39, 0.29) is 0 Å². The van der Waals surface area contributed by atoms with E-state index in [0.717, 1.165) is 29.0 Å². The van der Waals surface area contributed by atoms with E-state index in [2.05, 4.69) is 33.9 Å². The molecule has 2 aromatic rings. The second kappa shape index (κ2) is 6.87. The van der Waals surface area contributed by atoms with E-state index in [1.54, 1.807) is 0 Å². The van der Waals surface area contributed by atoms with E-state index < -0.39 is 0 Å². The first-order valence-corrected chi connectivity index (χ1v) is 8.77. The lowest BCUT2D eigenvalue weighted by molar-refractivity contribution is 0.356. The van der Waals surface area contributed by atoms with Crippen LogP contribution in [-0.4, -0.2) is 9.55 Å². The van der Waals surface area contributed by atoms with Crippen molar-refractivity contribution in [3.8, 4) is 0 Å². The van der Waals surface area contributed by atoms with Crippen LogP contribution in [0.15, 0.2) is 24.4 Å². The summed E-state index contributed by atoms with van der Waals surface area (Å²) in [7, 11) is 0. The second-order valence-electron chi connectivity index (χ2n) is 6.69. The van der Waals surface area contributed by atoms with Crippen molar-refractivity contribution in [3.05, 3.63) is 52.1 Å². The zero-order valence-electron chi connectivity index (χ0n) is 13.6. The predicted octanol–water partition coefficient (Wildman–Crippen LogP) is 5.32. The van der Waals surface area contributed by atoms with Crippen molar-refractivity contribution < 1.29 is 0 Å². The number of aromatic nitrogens is 2.